The Balaban J connectivity index is 1.50. The van der Waals surface area contributed by atoms with Crippen molar-refractivity contribution in [1.29, 1.82) is 0 Å². The van der Waals surface area contributed by atoms with Crippen molar-refractivity contribution < 1.29 is 14.7 Å². The Hall–Kier alpha value is -2.37. The number of carbonyl (C=O) groups excluding carboxylic acids is 1. The van der Waals surface area contributed by atoms with E-state index in [1.165, 1.54) is 0 Å². The van der Waals surface area contributed by atoms with Gasteiger partial charge in [0.2, 0.25) is 5.91 Å². The van der Waals surface area contributed by atoms with Crippen LogP contribution in [0.3, 0.4) is 0 Å². The van der Waals surface area contributed by atoms with Gasteiger partial charge in [-0.05, 0) is 25.0 Å². The molecule has 1 aromatic heterocycles. The SMILES string of the molecule is O=C(CC1(C(=O)O)CCC1)NCCc1nc2ccccc2[nH]1. The van der Waals surface area contributed by atoms with Gasteiger partial charge in [-0.1, -0.05) is 18.6 Å². The number of aromatic amines is 1. The first-order valence-electron chi connectivity index (χ1n) is 7.53. The molecule has 3 N–H and O–H groups in total. The quantitative estimate of drug-likeness (QED) is 0.759. The molecule has 6 nitrogen and oxygen atoms in total. The second-order valence-corrected chi connectivity index (χ2v) is 5.92. The van der Waals surface area contributed by atoms with Crippen LogP contribution >= 0.6 is 0 Å². The summed E-state index contributed by atoms with van der Waals surface area (Å²) in [6.45, 7) is 0.453. The number of fused-ring (bicyclic) bond motifs is 1. The number of nitrogens with one attached hydrogen (secondary N) is 2. The predicted octanol–water partition coefficient (Wildman–Crippen LogP) is 1.87. The van der Waals surface area contributed by atoms with Crippen LogP contribution in [-0.2, 0) is 16.0 Å². The Morgan fingerprint density at radius 1 is 1.32 bits per heavy atom. The van der Waals surface area contributed by atoms with Crippen molar-refractivity contribution in [3.05, 3.63) is 30.1 Å². The van der Waals surface area contributed by atoms with E-state index in [2.05, 4.69) is 15.3 Å². The van der Waals surface area contributed by atoms with Crippen LogP contribution < -0.4 is 5.32 Å². The highest BCUT2D eigenvalue weighted by Crippen LogP contribution is 2.44. The molecule has 116 valence electrons. The van der Waals surface area contributed by atoms with Gasteiger partial charge in [0.15, 0.2) is 0 Å². The van der Waals surface area contributed by atoms with Crippen molar-refractivity contribution in [2.24, 2.45) is 5.41 Å². The first-order chi connectivity index (χ1) is 10.6. The van der Waals surface area contributed by atoms with E-state index in [9.17, 15) is 14.7 Å². The molecule has 0 saturated heterocycles. The van der Waals surface area contributed by atoms with Crippen LogP contribution in [0.5, 0.6) is 0 Å². The maximum absolute atomic E-state index is 11.9. The molecule has 0 atom stereocenters. The number of benzene rings is 1. The summed E-state index contributed by atoms with van der Waals surface area (Å²) in [6, 6.07) is 7.76. The lowest BCUT2D eigenvalue weighted by Gasteiger charge is -2.36. The van der Waals surface area contributed by atoms with Crippen LogP contribution in [0.4, 0.5) is 0 Å². The van der Waals surface area contributed by atoms with Crippen LogP contribution in [0.15, 0.2) is 24.3 Å². The van der Waals surface area contributed by atoms with Crippen molar-refractivity contribution in [3.8, 4) is 0 Å². The Labute approximate surface area is 127 Å². The third-order valence-electron chi connectivity index (χ3n) is 4.39. The molecule has 1 fully saturated rings. The lowest BCUT2D eigenvalue weighted by Crippen LogP contribution is -2.42. The van der Waals surface area contributed by atoms with Crippen LogP contribution in [0.25, 0.3) is 11.0 Å². The molecule has 0 radical (unpaired) electrons. The molecule has 0 spiro atoms. The van der Waals surface area contributed by atoms with Crippen LogP contribution in [0.1, 0.15) is 31.5 Å². The number of carbonyl (C=O) groups is 2. The lowest BCUT2D eigenvalue weighted by atomic mass is 9.66. The molecular weight excluding hydrogens is 282 g/mol. The summed E-state index contributed by atoms with van der Waals surface area (Å²) in [6.07, 6.45) is 2.75. The van der Waals surface area contributed by atoms with E-state index in [4.69, 9.17) is 0 Å². The second kappa shape index (κ2) is 5.79. The average molecular weight is 301 g/mol. The van der Waals surface area contributed by atoms with Gasteiger partial charge in [0.05, 0.1) is 16.4 Å². The van der Waals surface area contributed by atoms with Crippen molar-refractivity contribution in [1.82, 2.24) is 15.3 Å². The number of rotatable bonds is 6. The van der Waals surface area contributed by atoms with E-state index >= 15 is 0 Å². The summed E-state index contributed by atoms with van der Waals surface area (Å²) in [4.78, 5) is 30.8. The Morgan fingerprint density at radius 2 is 2.09 bits per heavy atom. The van der Waals surface area contributed by atoms with E-state index in [-0.39, 0.29) is 12.3 Å². The molecule has 0 bridgehead atoms. The number of hydrogen-bond acceptors (Lipinski definition) is 3. The summed E-state index contributed by atoms with van der Waals surface area (Å²) in [5.74, 6) is -0.234. The molecule has 1 aliphatic rings. The van der Waals surface area contributed by atoms with E-state index in [0.717, 1.165) is 23.3 Å². The number of carboxylic acid groups (broad SMARTS) is 1. The summed E-state index contributed by atoms with van der Waals surface area (Å²) >= 11 is 0. The molecule has 0 unspecified atom stereocenters. The molecule has 6 heteroatoms. The minimum absolute atomic E-state index is 0.0719. The maximum atomic E-state index is 11.9. The van der Waals surface area contributed by atoms with E-state index < -0.39 is 11.4 Å². The van der Waals surface area contributed by atoms with Gasteiger partial charge in [-0.15, -0.1) is 0 Å². The molecule has 1 aliphatic carbocycles. The molecular formula is C16H19N3O3. The monoisotopic (exact) mass is 301 g/mol. The fraction of sp³-hybridized carbons (Fsp3) is 0.438. The fourth-order valence-corrected chi connectivity index (χ4v) is 2.88. The highest BCUT2D eigenvalue weighted by Gasteiger charge is 2.45. The van der Waals surface area contributed by atoms with Crippen LogP contribution in [-0.4, -0.2) is 33.5 Å². The Bertz CT molecular complexity index is 670. The summed E-state index contributed by atoms with van der Waals surface area (Å²) in [5.41, 5.74) is 1.05. The standard InChI is InChI=1S/C16H19N3O3/c20-14(10-16(15(21)22)7-3-8-16)17-9-6-13-18-11-4-1-2-5-12(11)19-13/h1-2,4-5H,3,6-10H2,(H,17,20)(H,18,19)(H,21,22). The van der Waals surface area contributed by atoms with Crippen molar-refractivity contribution in [2.75, 3.05) is 6.54 Å². The minimum Gasteiger partial charge on any atom is -0.481 e. The molecule has 1 aromatic carbocycles. The van der Waals surface area contributed by atoms with E-state index in [1.807, 2.05) is 24.3 Å². The van der Waals surface area contributed by atoms with Gasteiger partial charge in [0.25, 0.3) is 0 Å². The molecule has 1 amide bonds. The van der Waals surface area contributed by atoms with E-state index in [1.54, 1.807) is 0 Å². The number of H-pyrrole nitrogens is 1. The highest BCUT2D eigenvalue weighted by atomic mass is 16.4. The number of hydrogen-bond donors (Lipinski definition) is 3. The Kier molecular flexibility index (Phi) is 3.83. The lowest BCUT2D eigenvalue weighted by molar-refractivity contribution is -0.157. The number of carboxylic acids is 1. The maximum Gasteiger partial charge on any atom is 0.310 e. The summed E-state index contributed by atoms with van der Waals surface area (Å²) in [5, 5.41) is 12.0. The van der Waals surface area contributed by atoms with E-state index in [0.29, 0.717) is 25.8 Å². The van der Waals surface area contributed by atoms with Gasteiger partial charge in [-0.2, -0.15) is 0 Å². The van der Waals surface area contributed by atoms with Gasteiger partial charge in [0, 0.05) is 19.4 Å². The zero-order valence-corrected chi connectivity index (χ0v) is 12.3. The smallest absolute Gasteiger partial charge is 0.310 e. The predicted molar refractivity (Wildman–Crippen MR) is 81.3 cm³/mol. The van der Waals surface area contributed by atoms with Crippen molar-refractivity contribution >= 4 is 22.9 Å². The van der Waals surface area contributed by atoms with Gasteiger partial charge in [-0.25, -0.2) is 4.98 Å². The van der Waals surface area contributed by atoms with Gasteiger partial charge in [0.1, 0.15) is 5.82 Å². The number of aliphatic carboxylic acids is 1. The molecule has 22 heavy (non-hydrogen) atoms. The highest BCUT2D eigenvalue weighted by molar-refractivity contribution is 5.85. The fourth-order valence-electron chi connectivity index (χ4n) is 2.88. The van der Waals surface area contributed by atoms with Crippen LogP contribution in [0.2, 0.25) is 0 Å². The Morgan fingerprint density at radius 3 is 2.73 bits per heavy atom. The number of nitrogens with zero attached hydrogens (tertiary/aromatic N) is 1. The van der Waals surface area contributed by atoms with Crippen LogP contribution in [0, 0.1) is 5.41 Å². The number of aromatic nitrogens is 2. The zero-order chi connectivity index (χ0) is 15.6. The third-order valence-corrected chi connectivity index (χ3v) is 4.39. The summed E-state index contributed by atoms with van der Waals surface area (Å²) < 4.78 is 0. The third kappa shape index (κ3) is 2.81. The number of imidazole rings is 1. The van der Waals surface area contributed by atoms with Gasteiger partial charge < -0.3 is 15.4 Å². The minimum atomic E-state index is -0.855. The zero-order valence-electron chi connectivity index (χ0n) is 12.3. The largest absolute Gasteiger partial charge is 0.481 e. The molecule has 1 heterocycles. The average Bonchev–Trinajstić information content (AvgIpc) is 2.85. The van der Waals surface area contributed by atoms with Crippen molar-refractivity contribution in [2.45, 2.75) is 32.1 Å². The molecule has 1 saturated carbocycles. The first-order valence-corrected chi connectivity index (χ1v) is 7.53. The first kappa shape index (κ1) is 14.6. The molecule has 3 rings (SSSR count). The molecule has 0 aliphatic heterocycles. The number of para-hydroxylation sites is 2. The van der Waals surface area contributed by atoms with Gasteiger partial charge in [-0.3, -0.25) is 9.59 Å². The van der Waals surface area contributed by atoms with Gasteiger partial charge >= 0.3 is 5.97 Å². The summed E-state index contributed by atoms with van der Waals surface area (Å²) in [7, 11) is 0. The topological polar surface area (TPSA) is 95.1 Å². The van der Waals surface area contributed by atoms with Crippen molar-refractivity contribution in [3.63, 3.8) is 0 Å². The normalized spacial score (nSPS) is 16.2. The second-order valence-electron chi connectivity index (χ2n) is 5.92. The number of amides is 1. The molecule has 2 aromatic rings.